The van der Waals surface area contributed by atoms with Crippen molar-refractivity contribution >= 4 is 5.69 Å². The summed E-state index contributed by atoms with van der Waals surface area (Å²) in [6.07, 6.45) is 1.83. The van der Waals surface area contributed by atoms with E-state index in [1.165, 1.54) is 12.1 Å². The number of hydrogen-bond donors (Lipinski definition) is 1. The number of benzene rings is 1. The number of nitro groups is 1. The quantitative estimate of drug-likeness (QED) is 0.630. The molecule has 1 heterocycles. The van der Waals surface area contributed by atoms with Gasteiger partial charge in [0.2, 0.25) is 0 Å². The van der Waals surface area contributed by atoms with Crippen LogP contribution in [0.4, 0.5) is 5.69 Å². The van der Waals surface area contributed by atoms with E-state index in [2.05, 4.69) is 5.32 Å². The summed E-state index contributed by atoms with van der Waals surface area (Å²) in [6, 6.07) is 4.58. The van der Waals surface area contributed by atoms with Gasteiger partial charge < -0.3 is 14.8 Å². The van der Waals surface area contributed by atoms with Crippen molar-refractivity contribution in [1.29, 1.82) is 0 Å². The Morgan fingerprint density at radius 3 is 2.84 bits per heavy atom. The molecule has 0 radical (unpaired) electrons. The first-order valence-electron chi connectivity index (χ1n) is 6.48. The van der Waals surface area contributed by atoms with E-state index >= 15 is 0 Å². The Balaban J connectivity index is 2.15. The largest absolute Gasteiger partial charge is 0.493 e. The summed E-state index contributed by atoms with van der Waals surface area (Å²) in [5.74, 6) is 0.978. The molecule has 6 nitrogen and oxygen atoms in total. The lowest BCUT2D eigenvalue weighted by Crippen LogP contribution is -2.19. The fourth-order valence-corrected chi connectivity index (χ4v) is 1.95. The molecule has 0 saturated carbocycles. The molecule has 1 aromatic carbocycles. The van der Waals surface area contributed by atoms with E-state index in [-0.39, 0.29) is 11.8 Å². The van der Waals surface area contributed by atoms with Crippen molar-refractivity contribution in [3.8, 4) is 11.5 Å². The van der Waals surface area contributed by atoms with Gasteiger partial charge in [-0.1, -0.05) is 6.92 Å². The zero-order chi connectivity index (χ0) is 13.7. The fourth-order valence-electron chi connectivity index (χ4n) is 1.95. The van der Waals surface area contributed by atoms with E-state index in [9.17, 15) is 10.1 Å². The average molecular weight is 266 g/mol. The lowest BCUT2D eigenvalue weighted by molar-refractivity contribution is -0.385. The SMILES string of the molecule is CCCOc1cc(OC2CCNC2)cc([N+](=O)[O-])c1. The highest BCUT2D eigenvalue weighted by Gasteiger charge is 2.18. The molecule has 1 aliphatic rings. The van der Waals surface area contributed by atoms with E-state index in [4.69, 9.17) is 9.47 Å². The maximum Gasteiger partial charge on any atom is 0.276 e. The number of nitro benzene ring substituents is 1. The molecule has 0 aliphatic carbocycles. The summed E-state index contributed by atoms with van der Waals surface area (Å²) < 4.78 is 11.2. The Bertz CT molecular complexity index is 444. The third-order valence-electron chi connectivity index (χ3n) is 2.87. The monoisotopic (exact) mass is 266 g/mol. The molecule has 6 heteroatoms. The van der Waals surface area contributed by atoms with Gasteiger partial charge in [-0.05, 0) is 19.4 Å². The standard InChI is InChI=1S/C13H18N2O4/c1-2-5-18-12-6-10(15(16)17)7-13(8-12)19-11-3-4-14-9-11/h6-8,11,14H,2-5,9H2,1H3. The van der Waals surface area contributed by atoms with Crippen molar-refractivity contribution in [2.75, 3.05) is 19.7 Å². The van der Waals surface area contributed by atoms with Gasteiger partial charge in [0, 0.05) is 12.6 Å². The van der Waals surface area contributed by atoms with E-state index in [0.717, 1.165) is 25.9 Å². The Morgan fingerprint density at radius 1 is 1.42 bits per heavy atom. The van der Waals surface area contributed by atoms with Crippen LogP contribution in [-0.4, -0.2) is 30.7 Å². The van der Waals surface area contributed by atoms with Crippen LogP contribution in [0, 0.1) is 10.1 Å². The second-order valence-electron chi connectivity index (χ2n) is 4.50. The second-order valence-corrected chi connectivity index (χ2v) is 4.50. The minimum absolute atomic E-state index is 0.00504. The molecule has 19 heavy (non-hydrogen) atoms. The third kappa shape index (κ3) is 3.82. The highest BCUT2D eigenvalue weighted by molar-refractivity contribution is 5.46. The van der Waals surface area contributed by atoms with Crippen LogP contribution >= 0.6 is 0 Å². The molecule has 0 bridgehead atoms. The van der Waals surface area contributed by atoms with Crippen molar-refractivity contribution in [2.24, 2.45) is 0 Å². The molecule has 1 aromatic rings. The molecule has 1 atom stereocenters. The van der Waals surface area contributed by atoms with Crippen LogP contribution in [-0.2, 0) is 0 Å². The first-order valence-corrected chi connectivity index (χ1v) is 6.48. The van der Waals surface area contributed by atoms with Gasteiger partial charge in [-0.25, -0.2) is 0 Å². The van der Waals surface area contributed by atoms with Gasteiger partial charge in [-0.3, -0.25) is 10.1 Å². The lowest BCUT2D eigenvalue weighted by Gasteiger charge is -2.13. The summed E-state index contributed by atoms with van der Waals surface area (Å²) in [4.78, 5) is 10.5. The molecule has 1 N–H and O–H groups in total. The first-order chi connectivity index (χ1) is 9.19. The van der Waals surface area contributed by atoms with E-state index < -0.39 is 4.92 Å². The Morgan fingerprint density at radius 2 is 2.21 bits per heavy atom. The summed E-state index contributed by atoms with van der Waals surface area (Å²) in [6.45, 7) is 4.21. The second kappa shape index (κ2) is 6.38. The summed E-state index contributed by atoms with van der Waals surface area (Å²) in [5, 5.41) is 14.1. The predicted octanol–water partition coefficient (Wildman–Crippen LogP) is 2.12. The molecule has 0 spiro atoms. The molecule has 0 aromatic heterocycles. The number of non-ortho nitro benzene ring substituents is 1. The lowest BCUT2D eigenvalue weighted by atomic mass is 10.2. The predicted molar refractivity (Wildman–Crippen MR) is 70.8 cm³/mol. The molecule has 1 fully saturated rings. The molecule has 1 unspecified atom stereocenters. The van der Waals surface area contributed by atoms with Gasteiger partial charge in [0.15, 0.2) is 0 Å². The van der Waals surface area contributed by atoms with Gasteiger partial charge >= 0.3 is 0 Å². The van der Waals surface area contributed by atoms with Crippen molar-refractivity contribution in [2.45, 2.75) is 25.9 Å². The number of nitrogens with one attached hydrogen (secondary N) is 1. The Hall–Kier alpha value is -1.82. The topological polar surface area (TPSA) is 73.6 Å². The van der Waals surface area contributed by atoms with Crippen LogP contribution in [0.5, 0.6) is 11.5 Å². The van der Waals surface area contributed by atoms with Crippen molar-refractivity contribution in [3.05, 3.63) is 28.3 Å². The number of nitrogens with zero attached hydrogens (tertiary/aromatic N) is 1. The minimum Gasteiger partial charge on any atom is -0.493 e. The normalized spacial score (nSPS) is 18.3. The Labute approximate surface area is 111 Å². The third-order valence-corrected chi connectivity index (χ3v) is 2.87. The van der Waals surface area contributed by atoms with Crippen LogP contribution in [0.3, 0.4) is 0 Å². The maximum absolute atomic E-state index is 10.9. The van der Waals surface area contributed by atoms with Crippen LogP contribution in [0.25, 0.3) is 0 Å². The van der Waals surface area contributed by atoms with Crippen molar-refractivity contribution < 1.29 is 14.4 Å². The summed E-state index contributed by atoms with van der Waals surface area (Å²) in [5.41, 5.74) is -0.00504. The average Bonchev–Trinajstić information content (AvgIpc) is 2.89. The van der Waals surface area contributed by atoms with Crippen molar-refractivity contribution in [1.82, 2.24) is 5.32 Å². The molecule has 1 aliphatic heterocycles. The number of hydrogen-bond acceptors (Lipinski definition) is 5. The fraction of sp³-hybridized carbons (Fsp3) is 0.538. The van der Waals surface area contributed by atoms with E-state index in [0.29, 0.717) is 18.1 Å². The van der Waals surface area contributed by atoms with Gasteiger partial charge in [-0.15, -0.1) is 0 Å². The van der Waals surface area contributed by atoms with Crippen LogP contribution < -0.4 is 14.8 Å². The van der Waals surface area contributed by atoms with Gasteiger partial charge in [0.05, 0.1) is 23.7 Å². The highest BCUT2D eigenvalue weighted by Crippen LogP contribution is 2.29. The van der Waals surface area contributed by atoms with E-state index in [1.54, 1.807) is 6.07 Å². The van der Waals surface area contributed by atoms with Crippen LogP contribution in [0.2, 0.25) is 0 Å². The minimum atomic E-state index is -0.432. The zero-order valence-corrected chi connectivity index (χ0v) is 10.9. The highest BCUT2D eigenvalue weighted by atomic mass is 16.6. The first kappa shape index (κ1) is 13.6. The van der Waals surface area contributed by atoms with Crippen molar-refractivity contribution in [3.63, 3.8) is 0 Å². The molecule has 2 rings (SSSR count). The zero-order valence-electron chi connectivity index (χ0n) is 10.9. The van der Waals surface area contributed by atoms with Crippen LogP contribution in [0.15, 0.2) is 18.2 Å². The van der Waals surface area contributed by atoms with Gasteiger partial charge in [0.25, 0.3) is 5.69 Å². The molecule has 104 valence electrons. The van der Waals surface area contributed by atoms with Gasteiger partial charge in [0.1, 0.15) is 17.6 Å². The van der Waals surface area contributed by atoms with Crippen LogP contribution in [0.1, 0.15) is 19.8 Å². The van der Waals surface area contributed by atoms with Gasteiger partial charge in [-0.2, -0.15) is 0 Å². The van der Waals surface area contributed by atoms with E-state index in [1.807, 2.05) is 6.92 Å². The molecular formula is C13H18N2O4. The summed E-state index contributed by atoms with van der Waals surface area (Å²) >= 11 is 0. The molecule has 0 amide bonds. The molecule has 1 saturated heterocycles. The number of ether oxygens (including phenoxy) is 2. The Kier molecular flexibility index (Phi) is 4.57. The molecular weight excluding hydrogens is 248 g/mol. The maximum atomic E-state index is 10.9. The summed E-state index contributed by atoms with van der Waals surface area (Å²) in [7, 11) is 0. The smallest absolute Gasteiger partial charge is 0.276 e. The number of rotatable bonds is 6.